The third-order valence-corrected chi connectivity index (χ3v) is 4.02. The smallest absolute Gasteiger partial charge is 0.255 e. The SMILES string of the molecule is CC1CN(c2snc(N)c2C(N)=O)CCC1O. The number of carbonyl (C=O) groups is 1. The highest BCUT2D eigenvalue weighted by Gasteiger charge is 2.29. The third-order valence-electron chi connectivity index (χ3n) is 3.09. The molecule has 0 saturated carbocycles. The van der Waals surface area contributed by atoms with Gasteiger partial charge >= 0.3 is 0 Å². The summed E-state index contributed by atoms with van der Waals surface area (Å²) in [5, 5.41) is 10.4. The summed E-state index contributed by atoms with van der Waals surface area (Å²) in [5.74, 6) is -0.200. The van der Waals surface area contributed by atoms with Gasteiger partial charge in [0.15, 0.2) is 5.82 Å². The maximum atomic E-state index is 11.3. The molecule has 7 heteroatoms. The lowest BCUT2D eigenvalue weighted by Crippen LogP contribution is -2.42. The number of nitrogens with two attached hydrogens (primary N) is 2. The summed E-state index contributed by atoms with van der Waals surface area (Å²) in [4.78, 5) is 13.3. The van der Waals surface area contributed by atoms with Gasteiger partial charge in [0, 0.05) is 13.1 Å². The van der Waals surface area contributed by atoms with E-state index in [0.29, 0.717) is 30.1 Å². The van der Waals surface area contributed by atoms with Crippen molar-refractivity contribution in [3.8, 4) is 0 Å². The van der Waals surface area contributed by atoms with Crippen molar-refractivity contribution in [2.75, 3.05) is 23.7 Å². The van der Waals surface area contributed by atoms with Crippen LogP contribution in [0.2, 0.25) is 0 Å². The van der Waals surface area contributed by atoms with E-state index in [4.69, 9.17) is 11.5 Å². The van der Waals surface area contributed by atoms with E-state index >= 15 is 0 Å². The van der Waals surface area contributed by atoms with Crippen molar-refractivity contribution in [2.24, 2.45) is 11.7 Å². The van der Waals surface area contributed by atoms with Crippen molar-refractivity contribution >= 4 is 28.3 Å². The van der Waals surface area contributed by atoms with Gasteiger partial charge in [0.05, 0.1) is 6.10 Å². The van der Waals surface area contributed by atoms with Crippen molar-refractivity contribution in [3.05, 3.63) is 5.56 Å². The first-order valence-electron chi connectivity index (χ1n) is 5.48. The van der Waals surface area contributed by atoms with Crippen LogP contribution in [0.1, 0.15) is 23.7 Å². The van der Waals surface area contributed by atoms with E-state index in [0.717, 1.165) is 0 Å². The Hall–Kier alpha value is -1.34. The maximum Gasteiger partial charge on any atom is 0.255 e. The van der Waals surface area contributed by atoms with E-state index in [2.05, 4.69) is 4.37 Å². The van der Waals surface area contributed by atoms with Crippen LogP contribution in [0.4, 0.5) is 10.8 Å². The number of piperidine rings is 1. The van der Waals surface area contributed by atoms with Crippen molar-refractivity contribution < 1.29 is 9.90 Å². The van der Waals surface area contributed by atoms with Crippen LogP contribution in [0.25, 0.3) is 0 Å². The molecule has 2 heterocycles. The number of hydrogen-bond donors (Lipinski definition) is 3. The van der Waals surface area contributed by atoms with Gasteiger partial charge in [-0.15, -0.1) is 0 Å². The first-order valence-corrected chi connectivity index (χ1v) is 6.26. The summed E-state index contributed by atoms with van der Waals surface area (Å²) in [7, 11) is 0. The second kappa shape index (κ2) is 4.50. The Morgan fingerprint density at radius 2 is 2.35 bits per heavy atom. The standard InChI is InChI=1S/C10H16N4O2S/c1-5-4-14(3-2-6(5)15)10-7(9(12)16)8(11)13-17-10/h5-6,15H,2-4H2,1H3,(H2,11,13)(H2,12,16). The Morgan fingerprint density at radius 3 is 2.94 bits per heavy atom. The van der Waals surface area contributed by atoms with Gasteiger partial charge in [-0.2, -0.15) is 4.37 Å². The molecule has 2 rings (SSSR count). The zero-order valence-electron chi connectivity index (χ0n) is 9.59. The van der Waals surface area contributed by atoms with E-state index in [1.807, 2.05) is 11.8 Å². The topological polar surface area (TPSA) is 105 Å². The largest absolute Gasteiger partial charge is 0.393 e. The molecule has 0 radical (unpaired) electrons. The van der Waals surface area contributed by atoms with Gasteiger partial charge in [0.2, 0.25) is 0 Å². The van der Waals surface area contributed by atoms with E-state index < -0.39 is 5.91 Å². The molecule has 1 aromatic heterocycles. The predicted octanol–water partition coefficient (Wildman–Crippen LogP) is 0.0313. The highest BCUT2D eigenvalue weighted by molar-refractivity contribution is 7.11. The molecule has 2 unspecified atom stereocenters. The van der Waals surface area contributed by atoms with Gasteiger partial charge in [-0.05, 0) is 23.9 Å². The molecule has 1 aliphatic rings. The van der Waals surface area contributed by atoms with Crippen LogP contribution in [0.5, 0.6) is 0 Å². The monoisotopic (exact) mass is 256 g/mol. The van der Waals surface area contributed by atoms with Gasteiger partial charge in [-0.3, -0.25) is 4.79 Å². The zero-order chi connectivity index (χ0) is 12.6. The number of aromatic nitrogens is 1. The molecule has 2 atom stereocenters. The van der Waals surface area contributed by atoms with Crippen LogP contribution in [0, 0.1) is 5.92 Å². The average molecular weight is 256 g/mol. The highest BCUT2D eigenvalue weighted by atomic mass is 32.1. The number of aliphatic hydroxyl groups excluding tert-OH is 1. The lowest BCUT2D eigenvalue weighted by atomic mass is 9.97. The van der Waals surface area contributed by atoms with Crippen molar-refractivity contribution in [2.45, 2.75) is 19.4 Å². The van der Waals surface area contributed by atoms with E-state index in [9.17, 15) is 9.90 Å². The number of amides is 1. The number of carbonyl (C=O) groups excluding carboxylic acids is 1. The summed E-state index contributed by atoms with van der Waals surface area (Å²) in [6.07, 6.45) is 0.394. The molecular formula is C10H16N4O2S. The molecule has 0 aliphatic carbocycles. The molecule has 0 aromatic carbocycles. The lowest BCUT2D eigenvalue weighted by Gasteiger charge is -2.35. The fourth-order valence-corrected chi connectivity index (χ4v) is 2.91. The normalized spacial score (nSPS) is 24.9. The van der Waals surface area contributed by atoms with Crippen LogP contribution in [-0.4, -0.2) is 34.6 Å². The Morgan fingerprint density at radius 1 is 1.65 bits per heavy atom. The highest BCUT2D eigenvalue weighted by Crippen LogP contribution is 2.33. The van der Waals surface area contributed by atoms with Crippen molar-refractivity contribution in [1.29, 1.82) is 0 Å². The van der Waals surface area contributed by atoms with Crippen molar-refractivity contribution in [3.63, 3.8) is 0 Å². The Labute approximate surface area is 103 Å². The molecule has 1 saturated heterocycles. The number of aliphatic hydroxyl groups is 1. The molecule has 17 heavy (non-hydrogen) atoms. The predicted molar refractivity (Wildman–Crippen MR) is 67.0 cm³/mol. The minimum atomic E-state index is -0.551. The second-order valence-corrected chi connectivity index (χ2v) is 5.14. The Bertz CT molecular complexity index is 434. The van der Waals surface area contributed by atoms with E-state index in [1.165, 1.54) is 11.5 Å². The van der Waals surface area contributed by atoms with Crippen LogP contribution >= 0.6 is 11.5 Å². The van der Waals surface area contributed by atoms with Crippen LogP contribution in [0.3, 0.4) is 0 Å². The second-order valence-electron chi connectivity index (χ2n) is 4.39. The molecule has 1 fully saturated rings. The van der Waals surface area contributed by atoms with E-state index in [1.54, 1.807) is 0 Å². The first-order chi connectivity index (χ1) is 8.00. The number of primary amides is 1. The molecule has 6 nitrogen and oxygen atoms in total. The van der Waals surface area contributed by atoms with Crippen LogP contribution in [0.15, 0.2) is 0 Å². The number of nitrogens with zero attached hydrogens (tertiary/aromatic N) is 2. The molecule has 1 aromatic rings. The summed E-state index contributed by atoms with van der Waals surface area (Å²) < 4.78 is 3.97. The Balaban J connectivity index is 2.26. The summed E-state index contributed by atoms with van der Waals surface area (Å²) >= 11 is 1.18. The van der Waals surface area contributed by atoms with Gasteiger partial charge in [0.1, 0.15) is 10.6 Å². The number of rotatable bonds is 2. The summed E-state index contributed by atoms with van der Waals surface area (Å²) in [6, 6.07) is 0. The average Bonchev–Trinajstić information content (AvgIpc) is 2.64. The minimum Gasteiger partial charge on any atom is -0.393 e. The quantitative estimate of drug-likeness (QED) is 0.692. The number of hydrogen-bond acceptors (Lipinski definition) is 6. The van der Waals surface area contributed by atoms with Crippen molar-refractivity contribution in [1.82, 2.24) is 4.37 Å². The van der Waals surface area contributed by atoms with Crippen LogP contribution in [-0.2, 0) is 0 Å². The molecule has 94 valence electrons. The summed E-state index contributed by atoms with van der Waals surface area (Å²) in [5.41, 5.74) is 11.2. The number of anilines is 2. The fraction of sp³-hybridized carbons (Fsp3) is 0.600. The maximum absolute atomic E-state index is 11.3. The van der Waals surface area contributed by atoms with E-state index in [-0.39, 0.29) is 17.8 Å². The molecule has 1 amide bonds. The molecular weight excluding hydrogens is 240 g/mol. The molecule has 0 spiro atoms. The Kier molecular flexibility index (Phi) is 3.21. The third kappa shape index (κ3) is 2.20. The zero-order valence-corrected chi connectivity index (χ0v) is 10.4. The van der Waals surface area contributed by atoms with Gasteiger partial charge in [0.25, 0.3) is 5.91 Å². The molecule has 1 aliphatic heterocycles. The number of nitrogen functional groups attached to an aromatic ring is 1. The lowest BCUT2D eigenvalue weighted by molar-refractivity contribution is 0.0968. The van der Waals surface area contributed by atoms with Gasteiger partial charge < -0.3 is 21.5 Å². The molecule has 0 bridgehead atoms. The first kappa shape index (κ1) is 12.1. The molecule has 5 N–H and O–H groups in total. The van der Waals surface area contributed by atoms with Gasteiger partial charge in [-0.1, -0.05) is 6.92 Å². The van der Waals surface area contributed by atoms with Crippen LogP contribution < -0.4 is 16.4 Å². The minimum absolute atomic E-state index is 0.160. The fourth-order valence-electron chi connectivity index (χ4n) is 2.06. The van der Waals surface area contributed by atoms with Gasteiger partial charge in [-0.25, -0.2) is 0 Å². The summed E-state index contributed by atoms with van der Waals surface area (Å²) in [6.45, 7) is 3.35.